The van der Waals surface area contributed by atoms with Gasteiger partial charge in [-0.25, -0.2) is 0 Å². The number of piperazine rings is 1. The Morgan fingerprint density at radius 1 is 1.15 bits per heavy atom. The van der Waals surface area contributed by atoms with E-state index in [0.29, 0.717) is 48.0 Å². The van der Waals surface area contributed by atoms with E-state index in [9.17, 15) is 19.8 Å². The molecule has 0 unspecified atom stereocenters. The summed E-state index contributed by atoms with van der Waals surface area (Å²) in [6.45, 7) is 1.01. The molecule has 6 nitrogen and oxygen atoms in total. The van der Waals surface area contributed by atoms with Crippen molar-refractivity contribution in [3.05, 3.63) is 27.7 Å². The van der Waals surface area contributed by atoms with Crippen LogP contribution in [0.5, 0.6) is 5.75 Å². The molecular formula is C18H20Cl2N2O4. The summed E-state index contributed by atoms with van der Waals surface area (Å²) in [4.78, 5) is 28.5. The van der Waals surface area contributed by atoms with Crippen LogP contribution in [0.4, 0.5) is 0 Å². The summed E-state index contributed by atoms with van der Waals surface area (Å²) < 4.78 is 0. The number of carbonyl (C=O) groups excluding carboxylic acids is 2. The van der Waals surface area contributed by atoms with E-state index in [1.165, 1.54) is 6.07 Å². The quantitative estimate of drug-likeness (QED) is 0.797. The van der Waals surface area contributed by atoms with E-state index in [0.717, 1.165) is 0 Å². The number of aliphatic hydroxyl groups excluding tert-OH is 1. The highest BCUT2D eigenvalue weighted by Crippen LogP contribution is 2.44. The molecule has 1 aromatic rings. The van der Waals surface area contributed by atoms with Crippen LogP contribution in [0, 0.1) is 5.92 Å². The number of amides is 2. The Balaban J connectivity index is 1.51. The fraction of sp³-hybridized carbons (Fsp3) is 0.556. The monoisotopic (exact) mass is 398 g/mol. The lowest BCUT2D eigenvalue weighted by atomic mass is 9.81. The molecule has 3 aliphatic rings. The van der Waals surface area contributed by atoms with E-state index in [1.54, 1.807) is 15.9 Å². The maximum absolute atomic E-state index is 12.6. The third-order valence-electron chi connectivity index (χ3n) is 5.78. The molecule has 26 heavy (non-hydrogen) atoms. The van der Waals surface area contributed by atoms with Gasteiger partial charge in [0.15, 0.2) is 0 Å². The summed E-state index contributed by atoms with van der Waals surface area (Å²) in [5, 5.41) is 20.3. The number of benzene rings is 1. The molecule has 2 atom stereocenters. The van der Waals surface area contributed by atoms with Gasteiger partial charge in [-0.3, -0.25) is 9.59 Å². The zero-order chi connectivity index (χ0) is 18.6. The van der Waals surface area contributed by atoms with Crippen molar-refractivity contribution < 1.29 is 19.8 Å². The molecule has 2 N–H and O–H groups in total. The van der Waals surface area contributed by atoms with Gasteiger partial charge in [-0.2, -0.15) is 0 Å². The molecule has 2 aliphatic heterocycles. The highest BCUT2D eigenvalue weighted by molar-refractivity contribution is 6.42. The van der Waals surface area contributed by atoms with Crippen LogP contribution in [0.2, 0.25) is 10.0 Å². The van der Waals surface area contributed by atoms with E-state index in [4.69, 9.17) is 23.2 Å². The van der Waals surface area contributed by atoms with E-state index >= 15 is 0 Å². The number of halogens is 2. The fourth-order valence-electron chi connectivity index (χ4n) is 4.34. The Hall–Kier alpha value is -1.50. The number of phenols is 1. The Labute approximate surface area is 161 Å². The third kappa shape index (κ3) is 2.94. The van der Waals surface area contributed by atoms with E-state index in [1.807, 2.05) is 0 Å². The summed E-state index contributed by atoms with van der Waals surface area (Å²) in [7, 11) is 0. The summed E-state index contributed by atoms with van der Waals surface area (Å²) in [5.41, 5.74) is 0.571. The van der Waals surface area contributed by atoms with Crippen LogP contribution >= 0.6 is 23.2 Å². The van der Waals surface area contributed by atoms with Gasteiger partial charge in [0.2, 0.25) is 11.8 Å². The second-order valence-electron chi connectivity index (χ2n) is 7.47. The van der Waals surface area contributed by atoms with Crippen LogP contribution in [0.25, 0.3) is 0 Å². The Morgan fingerprint density at radius 2 is 1.88 bits per heavy atom. The lowest BCUT2D eigenvalue weighted by Gasteiger charge is -2.40. The number of aliphatic hydroxyl groups is 1. The molecule has 1 aliphatic carbocycles. The molecule has 140 valence electrons. The second kappa shape index (κ2) is 6.59. The van der Waals surface area contributed by atoms with Gasteiger partial charge in [0.1, 0.15) is 5.75 Å². The molecule has 2 amide bonds. The molecule has 1 aromatic carbocycles. The zero-order valence-corrected chi connectivity index (χ0v) is 15.6. The predicted molar refractivity (Wildman–Crippen MR) is 96.3 cm³/mol. The summed E-state index contributed by atoms with van der Waals surface area (Å²) >= 11 is 12.4. The van der Waals surface area contributed by atoms with Gasteiger partial charge in [-0.05, 0) is 31.4 Å². The molecule has 3 fully saturated rings. The molecule has 4 rings (SSSR count). The van der Waals surface area contributed by atoms with Crippen molar-refractivity contribution >= 4 is 35.0 Å². The first-order chi connectivity index (χ1) is 12.3. The average Bonchev–Trinajstić information content (AvgIpc) is 2.99. The van der Waals surface area contributed by atoms with Gasteiger partial charge >= 0.3 is 0 Å². The van der Waals surface area contributed by atoms with E-state index in [2.05, 4.69) is 0 Å². The first-order valence-electron chi connectivity index (χ1n) is 8.78. The van der Waals surface area contributed by atoms with Crippen LogP contribution in [0.3, 0.4) is 0 Å². The van der Waals surface area contributed by atoms with Crippen molar-refractivity contribution in [2.75, 3.05) is 19.6 Å². The number of rotatable bonds is 2. The number of carbonyl (C=O) groups is 2. The largest absolute Gasteiger partial charge is 0.508 e. The summed E-state index contributed by atoms with van der Waals surface area (Å²) in [5.74, 6) is -0.346. The number of aromatic hydroxyl groups is 1. The molecule has 2 saturated heterocycles. The van der Waals surface area contributed by atoms with Gasteiger partial charge in [0, 0.05) is 30.5 Å². The molecule has 0 radical (unpaired) electrons. The van der Waals surface area contributed by atoms with Crippen molar-refractivity contribution in [3.63, 3.8) is 0 Å². The normalized spacial score (nSPS) is 31.0. The van der Waals surface area contributed by atoms with Gasteiger partial charge in [-0.15, -0.1) is 0 Å². The van der Waals surface area contributed by atoms with Crippen LogP contribution in [-0.2, 0) is 9.59 Å². The Morgan fingerprint density at radius 3 is 2.58 bits per heavy atom. The van der Waals surface area contributed by atoms with Crippen molar-refractivity contribution in [1.29, 1.82) is 0 Å². The number of hydrogen-bond donors (Lipinski definition) is 2. The molecule has 0 spiro atoms. The highest BCUT2D eigenvalue weighted by Gasteiger charge is 2.45. The average molecular weight is 399 g/mol. The van der Waals surface area contributed by atoms with E-state index < -0.39 is 6.10 Å². The maximum Gasteiger partial charge on any atom is 0.242 e. The fourth-order valence-corrected chi connectivity index (χ4v) is 4.82. The summed E-state index contributed by atoms with van der Waals surface area (Å²) in [6.07, 6.45) is 1.18. The minimum absolute atomic E-state index is 0.0459. The number of phenolic OH excluding ortho intramolecular Hbond substituents is 1. The van der Waals surface area contributed by atoms with Crippen LogP contribution in [0.15, 0.2) is 12.1 Å². The SMILES string of the molecule is O=C1CN(C(=O)[C@H]2C[C@@H](O)C2)C[C@@H]2C[C@H](c3c(O)ccc(Cl)c3Cl)CN12. The number of nitrogens with zero attached hydrogens (tertiary/aromatic N) is 2. The minimum atomic E-state index is -0.398. The number of fused-ring (bicyclic) bond motifs is 1. The molecule has 0 aromatic heterocycles. The molecule has 8 heteroatoms. The molecular weight excluding hydrogens is 379 g/mol. The van der Waals surface area contributed by atoms with Crippen LogP contribution < -0.4 is 0 Å². The predicted octanol–water partition coefficient (Wildman–Crippen LogP) is 2.00. The van der Waals surface area contributed by atoms with Gasteiger partial charge < -0.3 is 20.0 Å². The second-order valence-corrected chi connectivity index (χ2v) is 8.25. The van der Waals surface area contributed by atoms with Crippen LogP contribution in [0.1, 0.15) is 30.7 Å². The minimum Gasteiger partial charge on any atom is -0.508 e. The summed E-state index contributed by atoms with van der Waals surface area (Å²) in [6, 6.07) is 2.97. The topological polar surface area (TPSA) is 81.1 Å². The van der Waals surface area contributed by atoms with Crippen molar-refractivity contribution in [2.45, 2.75) is 37.3 Å². The van der Waals surface area contributed by atoms with Gasteiger partial charge in [0.25, 0.3) is 0 Å². The van der Waals surface area contributed by atoms with Crippen molar-refractivity contribution in [1.82, 2.24) is 9.80 Å². The lowest BCUT2D eigenvalue weighted by Crippen LogP contribution is -2.57. The van der Waals surface area contributed by atoms with Gasteiger partial charge in [-0.1, -0.05) is 23.2 Å². The maximum atomic E-state index is 12.6. The Bertz CT molecular complexity index is 766. The van der Waals surface area contributed by atoms with Crippen molar-refractivity contribution in [2.24, 2.45) is 5.92 Å². The molecule has 0 bridgehead atoms. The zero-order valence-electron chi connectivity index (χ0n) is 14.1. The first-order valence-corrected chi connectivity index (χ1v) is 9.54. The first kappa shape index (κ1) is 17.9. The molecule has 1 saturated carbocycles. The van der Waals surface area contributed by atoms with Crippen LogP contribution in [-0.4, -0.2) is 63.6 Å². The Kier molecular flexibility index (Phi) is 4.53. The lowest BCUT2D eigenvalue weighted by molar-refractivity contribution is -0.153. The van der Waals surface area contributed by atoms with Crippen molar-refractivity contribution in [3.8, 4) is 5.75 Å². The number of hydrogen-bond acceptors (Lipinski definition) is 4. The van der Waals surface area contributed by atoms with E-state index in [-0.39, 0.29) is 42.0 Å². The smallest absolute Gasteiger partial charge is 0.242 e. The third-order valence-corrected chi connectivity index (χ3v) is 6.60. The van der Waals surface area contributed by atoms with Gasteiger partial charge in [0.05, 0.1) is 28.7 Å². The standard InChI is InChI=1S/C18H20Cl2N2O4/c19-13-1-2-14(24)16(17(13)20)10-3-11-7-21(8-15(25)22(11)6-10)18(26)9-4-12(23)5-9/h1-2,9-12,23-24H,3-8H2/t9-,10-,11-,12+/m0/s1. The highest BCUT2D eigenvalue weighted by atomic mass is 35.5. The molecule has 2 heterocycles.